The van der Waals surface area contributed by atoms with Crippen LogP contribution in [0.15, 0.2) is 231 Å². The van der Waals surface area contributed by atoms with Crippen molar-refractivity contribution >= 4 is 85.2 Å². The first-order chi connectivity index (χ1) is 36.8. The first kappa shape index (κ1) is 59.7. The molecule has 8 aromatic carbocycles. The number of aryl methyl sites for hydroxylation is 1. The van der Waals surface area contributed by atoms with Gasteiger partial charge in [-0.15, -0.1) is 0 Å². The van der Waals surface area contributed by atoms with Crippen LogP contribution in [0.25, 0.3) is 0 Å². The molecule has 8 rings (SSSR count). The molecule has 0 saturated carbocycles. The Morgan fingerprint density at radius 3 is 0.987 bits per heavy atom. The van der Waals surface area contributed by atoms with Crippen molar-refractivity contribution in [2.24, 2.45) is 0 Å². The molecule has 0 radical (unpaired) electrons. The number of hydrogen-bond acceptors (Lipinski definition) is 12. The van der Waals surface area contributed by atoms with Crippen molar-refractivity contribution in [3.63, 3.8) is 0 Å². The summed E-state index contributed by atoms with van der Waals surface area (Å²) in [7, 11) is -23.8. The van der Waals surface area contributed by atoms with Crippen LogP contribution in [0.2, 0.25) is 0 Å². The van der Waals surface area contributed by atoms with Gasteiger partial charge in [0.15, 0.2) is 9.84 Å². The third-order valence-corrected chi connectivity index (χ3v) is 26.4. The molecule has 415 valence electrons. The van der Waals surface area contributed by atoms with Crippen molar-refractivity contribution < 1.29 is 64.1 Å². The molecular formula is C58H52Cl2CoO12S6. The number of rotatable bonds is 18. The summed E-state index contributed by atoms with van der Waals surface area (Å²) < 4.78 is 161. The van der Waals surface area contributed by atoms with E-state index in [9.17, 15) is 50.5 Å². The Bertz CT molecular complexity index is 4350. The second-order valence-corrected chi connectivity index (χ2v) is 34.4. The molecule has 0 saturated heterocycles. The number of sulfone groups is 5. The van der Waals surface area contributed by atoms with Crippen LogP contribution in [0, 0.1) is 6.92 Å². The minimum atomic E-state index is -4.18. The summed E-state index contributed by atoms with van der Waals surface area (Å²) in [6.07, 6.45) is 1.13. The monoisotopic (exact) mass is 1260 g/mol. The fourth-order valence-electron chi connectivity index (χ4n) is 9.03. The molecule has 0 atom stereocenters. The zero-order valence-corrected chi connectivity index (χ0v) is 50.6. The van der Waals surface area contributed by atoms with Crippen LogP contribution in [0.5, 0.6) is 0 Å². The van der Waals surface area contributed by atoms with Crippen LogP contribution >= 0.6 is 23.2 Å². The van der Waals surface area contributed by atoms with E-state index >= 15 is 0 Å². The number of alkyl halides is 2. The van der Waals surface area contributed by atoms with Gasteiger partial charge in [0, 0.05) is 11.7 Å². The van der Waals surface area contributed by atoms with Crippen LogP contribution in [-0.2, 0) is 93.7 Å². The van der Waals surface area contributed by atoms with Gasteiger partial charge in [-0.3, -0.25) is 0 Å². The third-order valence-electron chi connectivity index (χ3n) is 13.8. The van der Waals surface area contributed by atoms with Crippen LogP contribution in [0.4, 0.5) is 0 Å². The standard InChI is InChI=1S/C30H27Cl2O6S3.C28H25O6S3.Co/c1-20-4-7-24(8-5-20)40(35,36)25-9-11-26(12-10-25)41(37,38)27-13-15-29(22(17-27)19-32)30(2,3)28-14-6-23(39(33)34)16-21(28)18-31;1-28(2,21-9-13-23(14-10-21)35(3,29)30)22-11-15-25(16-12-22)37(33,34)27-19-17-26(18-20-27)36(31,32)24-7-5-4-6-8-24;/h4-17H,18-19H2,1-3H3;5-20H,1-3H3;. The van der Waals surface area contributed by atoms with Gasteiger partial charge in [0.2, 0.25) is 9.84 Å². The van der Waals surface area contributed by atoms with Crippen molar-refractivity contribution in [1.82, 2.24) is 0 Å². The molecule has 0 aliphatic rings. The van der Waals surface area contributed by atoms with E-state index in [-0.39, 0.29) is 78.8 Å². The first-order valence-corrected chi connectivity index (χ1v) is 35.9. The van der Waals surface area contributed by atoms with Gasteiger partial charge in [-0.25, -0.2) is 16.8 Å². The SMILES string of the molecule is Cc1ccc(S(=O)(=O)c2ccc(S(=O)(=O)c3ccc(C(C)(C)c4ccc([S](=O)(=O)[Co][c]5ccc(S(=O)(=O)c6ccc(S(=O)(=O)c7ccc(C(C)(C)c8ccc(S(C)(=O)=O)cc8)cc7)cc6)cc5)cc4CCl)c(CCl)c3)cc2)cc1. The van der Waals surface area contributed by atoms with Crippen LogP contribution in [0.3, 0.4) is 0 Å². The van der Waals surface area contributed by atoms with Crippen molar-refractivity contribution in [3.05, 3.63) is 221 Å². The van der Waals surface area contributed by atoms with E-state index in [1.54, 1.807) is 48.5 Å². The van der Waals surface area contributed by atoms with E-state index in [4.69, 9.17) is 23.2 Å². The molecule has 0 aliphatic heterocycles. The molecule has 0 aliphatic carbocycles. The fourth-order valence-corrected chi connectivity index (χ4v) is 18.4. The molecule has 0 spiro atoms. The Balaban J connectivity index is 0.950. The number of hydrogen-bond donors (Lipinski definition) is 0. The summed E-state index contributed by atoms with van der Waals surface area (Å²) in [5.74, 6) is -0.168. The topological polar surface area (TPSA) is 205 Å². The van der Waals surface area contributed by atoms with Crippen molar-refractivity contribution in [2.45, 2.75) is 106 Å². The van der Waals surface area contributed by atoms with Crippen molar-refractivity contribution in [2.75, 3.05) is 6.26 Å². The molecule has 0 amide bonds. The van der Waals surface area contributed by atoms with Crippen molar-refractivity contribution in [3.8, 4) is 0 Å². The normalized spacial score (nSPS) is 13.1. The largest absolute Gasteiger partial charge is 0.0580 e. The summed E-state index contributed by atoms with van der Waals surface area (Å²) in [6, 6.07) is 43.3. The van der Waals surface area contributed by atoms with Gasteiger partial charge in [-0.2, -0.15) is 0 Å². The molecule has 0 N–H and O–H groups in total. The van der Waals surface area contributed by atoms with Gasteiger partial charge < -0.3 is 0 Å². The Labute approximate surface area is 478 Å². The zero-order valence-electron chi connectivity index (χ0n) is 43.2. The Kier molecular flexibility index (Phi) is 16.7. The Morgan fingerprint density at radius 2 is 0.633 bits per heavy atom. The van der Waals surface area contributed by atoms with E-state index in [0.717, 1.165) is 22.9 Å². The molecular weight excluding hydrogens is 1210 g/mol. The van der Waals surface area contributed by atoms with Gasteiger partial charge >= 0.3 is 297 Å². The predicted molar refractivity (Wildman–Crippen MR) is 301 cm³/mol. The molecule has 8 aromatic rings. The van der Waals surface area contributed by atoms with Gasteiger partial charge in [0.1, 0.15) is 0 Å². The van der Waals surface area contributed by atoms with Gasteiger partial charge in [0.05, 0.1) is 14.7 Å². The summed E-state index contributed by atoms with van der Waals surface area (Å²) in [4.78, 5) is -0.524. The minimum absolute atomic E-state index is 0.0168. The third kappa shape index (κ3) is 12.0. The predicted octanol–water partition coefficient (Wildman–Crippen LogP) is 11.0. The van der Waals surface area contributed by atoms with E-state index in [0.29, 0.717) is 22.3 Å². The average Bonchev–Trinajstić information content (AvgIpc) is 3.55. The zero-order chi connectivity index (χ0) is 57.7. The number of halogens is 2. The molecule has 79 heavy (non-hydrogen) atoms. The molecule has 12 nitrogen and oxygen atoms in total. The maximum absolute atomic E-state index is 13.9. The molecule has 0 fully saturated rings. The smallest absolute Gasteiger partial charge is 0.0418 e. The van der Waals surface area contributed by atoms with E-state index in [1.165, 1.54) is 133 Å². The molecule has 0 bridgehead atoms. The van der Waals surface area contributed by atoms with Crippen molar-refractivity contribution in [1.29, 1.82) is 0 Å². The van der Waals surface area contributed by atoms with E-state index < -0.39 is 68.3 Å². The minimum Gasteiger partial charge on any atom is -0.0580 e. The molecule has 0 aromatic heterocycles. The summed E-state index contributed by atoms with van der Waals surface area (Å²) in [5.41, 5.74) is 3.26. The van der Waals surface area contributed by atoms with Gasteiger partial charge in [0.25, 0.3) is 0 Å². The maximum atomic E-state index is 13.9. The second kappa shape index (κ2) is 22.1. The quantitative estimate of drug-likeness (QED) is 0.0736. The first-order valence-electron chi connectivity index (χ1n) is 23.9. The maximum Gasteiger partial charge on any atom is -0.0418 e. The Morgan fingerprint density at radius 1 is 0.354 bits per heavy atom. The van der Waals surface area contributed by atoms with Crippen LogP contribution in [0.1, 0.15) is 66.6 Å². The van der Waals surface area contributed by atoms with Crippen LogP contribution < -0.4 is 4.50 Å². The van der Waals surface area contributed by atoms with E-state index in [1.807, 2.05) is 34.6 Å². The van der Waals surface area contributed by atoms with E-state index in [2.05, 4.69) is 0 Å². The van der Waals surface area contributed by atoms with Gasteiger partial charge in [-0.05, 0) is 66.6 Å². The molecule has 21 heteroatoms. The van der Waals surface area contributed by atoms with Crippen LogP contribution in [-0.4, -0.2) is 56.8 Å². The Hall–Kier alpha value is -5.45. The summed E-state index contributed by atoms with van der Waals surface area (Å²) in [6.45, 7) is 9.45. The molecule has 0 heterocycles. The second-order valence-electron chi connectivity index (χ2n) is 19.7. The fraction of sp³-hybridized carbons (Fsp3) is 0.172. The number of benzene rings is 8. The average molecular weight is 1260 g/mol. The summed E-state index contributed by atoms with van der Waals surface area (Å²) in [5, 5.41) is 0. The summed E-state index contributed by atoms with van der Waals surface area (Å²) >= 11 is 12.9. The molecule has 0 unspecified atom stereocenters. The van der Waals surface area contributed by atoms with Gasteiger partial charge in [-0.1, -0.05) is 55.8 Å².